The quantitative estimate of drug-likeness (QED) is 0.143. The predicted molar refractivity (Wildman–Crippen MR) is 175 cm³/mol. The lowest BCUT2D eigenvalue weighted by Gasteiger charge is -2.22. The number of ether oxygens (including phenoxy) is 1. The Labute approximate surface area is 262 Å². The summed E-state index contributed by atoms with van der Waals surface area (Å²) in [4.78, 5) is 40.3. The third-order valence-electron chi connectivity index (χ3n) is 8.63. The molecule has 4 aromatic rings. The molecule has 10 heteroatoms. The molecule has 232 valence electrons. The van der Waals surface area contributed by atoms with E-state index in [0.29, 0.717) is 29.1 Å². The molecule has 0 unspecified atom stereocenters. The number of aromatic nitrogens is 1. The molecule has 2 fully saturated rings. The van der Waals surface area contributed by atoms with Gasteiger partial charge in [0.15, 0.2) is 0 Å². The van der Waals surface area contributed by atoms with E-state index in [1.165, 1.54) is 0 Å². The van der Waals surface area contributed by atoms with E-state index in [2.05, 4.69) is 21.6 Å². The summed E-state index contributed by atoms with van der Waals surface area (Å²) >= 11 is 0. The monoisotopic (exact) mass is 606 g/mol. The lowest BCUT2D eigenvalue weighted by atomic mass is 9.98. The molecule has 0 radical (unpaired) electrons. The molecular formula is C35H38N6O4. The zero-order chi connectivity index (χ0) is 31.3. The first-order valence-electron chi connectivity index (χ1n) is 15.6. The molecule has 0 spiro atoms. The average molecular weight is 607 g/mol. The Morgan fingerprint density at radius 3 is 2.33 bits per heavy atom. The fourth-order valence-electron chi connectivity index (χ4n) is 6.21. The minimum Gasteiger partial charge on any atom is -0.446 e. The van der Waals surface area contributed by atoms with Crippen LogP contribution in [-0.2, 0) is 11.3 Å². The van der Waals surface area contributed by atoms with Gasteiger partial charge in [0.25, 0.3) is 5.91 Å². The third-order valence-corrected chi connectivity index (χ3v) is 8.63. The molecule has 10 nitrogen and oxygen atoms in total. The number of hydrogen-bond donors (Lipinski definition) is 4. The topological polar surface area (TPSA) is 143 Å². The summed E-state index contributed by atoms with van der Waals surface area (Å²) in [5.41, 5.74) is 10.1. The van der Waals surface area contributed by atoms with Crippen molar-refractivity contribution in [3.8, 4) is 0 Å². The van der Waals surface area contributed by atoms with Crippen LogP contribution in [-0.4, -0.2) is 47.5 Å². The first kappa shape index (κ1) is 29.9. The van der Waals surface area contributed by atoms with Crippen LogP contribution in [0.3, 0.4) is 0 Å². The van der Waals surface area contributed by atoms with Crippen molar-refractivity contribution in [2.24, 2.45) is 5.73 Å². The Bertz CT molecular complexity index is 1730. The second-order valence-corrected chi connectivity index (χ2v) is 11.8. The maximum Gasteiger partial charge on any atom is 0.413 e. The number of fused-ring (bicyclic) bond motifs is 1. The molecule has 2 heterocycles. The summed E-state index contributed by atoms with van der Waals surface area (Å²) < 4.78 is 7.43. The van der Waals surface area contributed by atoms with Crippen LogP contribution in [0.15, 0.2) is 72.8 Å². The van der Waals surface area contributed by atoms with Crippen LogP contribution in [0.2, 0.25) is 0 Å². The van der Waals surface area contributed by atoms with E-state index in [1.807, 2.05) is 47.0 Å². The highest BCUT2D eigenvalue weighted by atomic mass is 16.6. The zero-order valence-corrected chi connectivity index (χ0v) is 25.2. The number of amides is 3. The Hall–Kier alpha value is -5.12. The number of alkyl carbamates (subject to hydrolysis) is 1. The zero-order valence-electron chi connectivity index (χ0n) is 25.2. The van der Waals surface area contributed by atoms with E-state index >= 15 is 0 Å². The van der Waals surface area contributed by atoms with Crippen molar-refractivity contribution in [3.63, 3.8) is 0 Å². The van der Waals surface area contributed by atoms with Gasteiger partial charge >= 0.3 is 6.09 Å². The smallest absolute Gasteiger partial charge is 0.413 e. The van der Waals surface area contributed by atoms with Crippen molar-refractivity contribution >= 4 is 46.0 Å². The fraction of sp³-hybridized carbons (Fsp3) is 0.314. The number of amidine groups is 1. The van der Waals surface area contributed by atoms with Crippen LogP contribution in [0, 0.1) is 5.41 Å². The summed E-state index contributed by atoms with van der Waals surface area (Å²) in [6.07, 6.45) is 6.47. The second kappa shape index (κ2) is 13.3. The molecule has 45 heavy (non-hydrogen) atoms. The Morgan fingerprint density at radius 1 is 0.867 bits per heavy atom. The SMILES string of the molecule is N=C(NC(=O)OC1CCCCC1)c1ccc2cc(C(=O)Nc3cccc(N4CCCC4)c3)n(Cc3ccc(C(N)=O)cc3)c2c1. The third kappa shape index (κ3) is 7.01. The van der Waals surface area contributed by atoms with Gasteiger partial charge in [-0.3, -0.25) is 20.3 Å². The van der Waals surface area contributed by atoms with Gasteiger partial charge in [0.05, 0.1) is 0 Å². The number of primary amides is 1. The van der Waals surface area contributed by atoms with E-state index < -0.39 is 12.0 Å². The van der Waals surface area contributed by atoms with E-state index in [-0.39, 0.29) is 17.8 Å². The van der Waals surface area contributed by atoms with Gasteiger partial charge in [0.2, 0.25) is 5.91 Å². The van der Waals surface area contributed by atoms with Crippen molar-refractivity contribution in [1.29, 1.82) is 5.41 Å². The van der Waals surface area contributed by atoms with Gasteiger partial charge < -0.3 is 25.3 Å². The van der Waals surface area contributed by atoms with Crippen molar-refractivity contribution in [1.82, 2.24) is 9.88 Å². The minimum atomic E-state index is -0.631. The lowest BCUT2D eigenvalue weighted by molar-refractivity contribution is 0.0790. The standard InChI is InChI=1S/C35H38N6O4/c36-32(39-35(44)45-29-9-2-1-3-10-29)26-16-15-25-19-31(34(43)38-27-7-6-8-28(21-27)40-17-4-5-18-40)41(30(25)20-26)22-23-11-13-24(14-12-23)33(37)42/h6-8,11-16,19-21,29H,1-5,9-10,17-18,22H2,(H2,37,42)(H,38,43)(H2,36,39,44). The Kier molecular flexibility index (Phi) is 8.81. The Morgan fingerprint density at radius 2 is 1.60 bits per heavy atom. The van der Waals surface area contributed by atoms with Gasteiger partial charge in [-0.2, -0.15) is 0 Å². The van der Waals surface area contributed by atoms with Gasteiger partial charge in [-0.1, -0.05) is 36.8 Å². The molecule has 2 aliphatic rings. The molecular weight excluding hydrogens is 568 g/mol. The fourth-order valence-corrected chi connectivity index (χ4v) is 6.21. The number of hydrogen-bond acceptors (Lipinski definition) is 6. The number of nitrogens with one attached hydrogen (secondary N) is 3. The molecule has 1 saturated heterocycles. The molecule has 3 aromatic carbocycles. The van der Waals surface area contributed by atoms with Crippen LogP contribution >= 0.6 is 0 Å². The van der Waals surface area contributed by atoms with E-state index in [9.17, 15) is 14.4 Å². The Balaban J connectivity index is 1.28. The number of benzene rings is 3. The lowest BCUT2D eigenvalue weighted by Crippen LogP contribution is -2.34. The summed E-state index contributed by atoms with van der Waals surface area (Å²) in [6, 6.07) is 22.0. The van der Waals surface area contributed by atoms with Gasteiger partial charge in [-0.25, -0.2) is 4.79 Å². The van der Waals surface area contributed by atoms with Crippen molar-refractivity contribution in [2.75, 3.05) is 23.3 Å². The first-order chi connectivity index (χ1) is 21.8. The number of nitrogens with zero attached hydrogens (tertiary/aromatic N) is 2. The maximum atomic E-state index is 13.8. The van der Waals surface area contributed by atoms with Crippen molar-refractivity contribution < 1.29 is 19.1 Å². The largest absolute Gasteiger partial charge is 0.446 e. The molecule has 1 aliphatic carbocycles. The number of anilines is 2. The molecule has 6 rings (SSSR count). The van der Waals surface area contributed by atoms with E-state index in [1.54, 1.807) is 24.3 Å². The van der Waals surface area contributed by atoms with Crippen LogP contribution in [0.25, 0.3) is 10.9 Å². The molecule has 1 saturated carbocycles. The average Bonchev–Trinajstić information content (AvgIpc) is 3.71. The van der Waals surface area contributed by atoms with Gasteiger partial charge in [0, 0.05) is 53.0 Å². The second-order valence-electron chi connectivity index (χ2n) is 11.8. The maximum absolute atomic E-state index is 13.8. The summed E-state index contributed by atoms with van der Waals surface area (Å²) in [7, 11) is 0. The van der Waals surface area contributed by atoms with Gasteiger partial charge in [0.1, 0.15) is 17.6 Å². The van der Waals surface area contributed by atoms with Crippen molar-refractivity contribution in [2.45, 2.75) is 57.6 Å². The van der Waals surface area contributed by atoms with E-state index in [4.69, 9.17) is 15.9 Å². The number of carbonyl (C=O) groups is 3. The van der Waals surface area contributed by atoms with Crippen molar-refractivity contribution in [3.05, 3.63) is 95.2 Å². The first-order valence-corrected chi connectivity index (χ1v) is 15.6. The normalized spacial score (nSPS) is 15.2. The van der Waals surface area contributed by atoms with Gasteiger partial charge in [-0.15, -0.1) is 0 Å². The number of carbonyl (C=O) groups excluding carboxylic acids is 3. The molecule has 0 atom stereocenters. The molecule has 5 N–H and O–H groups in total. The minimum absolute atomic E-state index is 0.0824. The van der Waals surface area contributed by atoms with Crippen LogP contribution in [0.4, 0.5) is 16.2 Å². The molecule has 1 aromatic heterocycles. The highest BCUT2D eigenvalue weighted by molar-refractivity contribution is 6.09. The molecule has 0 bridgehead atoms. The number of nitrogens with two attached hydrogens (primary N) is 1. The van der Waals surface area contributed by atoms with Gasteiger partial charge in [-0.05, 0) is 86.6 Å². The summed E-state index contributed by atoms with van der Waals surface area (Å²) in [5.74, 6) is -0.868. The highest BCUT2D eigenvalue weighted by Gasteiger charge is 2.21. The van der Waals surface area contributed by atoms with Crippen LogP contribution in [0.1, 0.15) is 76.9 Å². The van der Waals surface area contributed by atoms with Crippen LogP contribution < -0.4 is 21.3 Å². The highest BCUT2D eigenvalue weighted by Crippen LogP contribution is 2.27. The van der Waals surface area contributed by atoms with Crippen LogP contribution in [0.5, 0.6) is 0 Å². The summed E-state index contributed by atoms with van der Waals surface area (Å²) in [5, 5.41) is 15.0. The predicted octanol–water partition coefficient (Wildman–Crippen LogP) is 6.03. The molecule has 1 aliphatic heterocycles. The summed E-state index contributed by atoms with van der Waals surface area (Å²) in [6.45, 7) is 2.34. The molecule has 3 amide bonds. The number of rotatable bonds is 8. The van der Waals surface area contributed by atoms with E-state index in [0.717, 1.165) is 80.2 Å².